The van der Waals surface area contributed by atoms with Crippen LogP contribution in [-0.4, -0.2) is 35.7 Å². The predicted molar refractivity (Wildman–Crippen MR) is 53.6 cm³/mol. The maximum atomic E-state index is 8.90. The van der Waals surface area contributed by atoms with Gasteiger partial charge in [-0.25, -0.2) is 0 Å². The lowest BCUT2D eigenvalue weighted by atomic mass is 9.86. The standard InChI is InChI=1S/C11H21NO/c13-8-6-10-4-5-11-3-1-2-7-12(11)9-10/h10-11,13H,1-9H2. The van der Waals surface area contributed by atoms with E-state index in [9.17, 15) is 0 Å². The lowest BCUT2D eigenvalue weighted by Gasteiger charge is -2.42. The molecule has 2 aliphatic rings. The molecule has 2 aliphatic heterocycles. The zero-order chi connectivity index (χ0) is 9.10. The van der Waals surface area contributed by atoms with Gasteiger partial charge in [0.2, 0.25) is 0 Å². The van der Waals surface area contributed by atoms with E-state index in [1.807, 2.05) is 0 Å². The van der Waals surface area contributed by atoms with Crippen molar-refractivity contribution in [3.05, 3.63) is 0 Å². The van der Waals surface area contributed by atoms with Crippen molar-refractivity contribution in [1.29, 1.82) is 0 Å². The van der Waals surface area contributed by atoms with E-state index in [-0.39, 0.29) is 0 Å². The normalized spacial score (nSPS) is 35.8. The van der Waals surface area contributed by atoms with Crippen molar-refractivity contribution in [2.45, 2.75) is 44.6 Å². The van der Waals surface area contributed by atoms with Crippen LogP contribution in [-0.2, 0) is 0 Å². The van der Waals surface area contributed by atoms with Gasteiger partial charge >= 0.3 is 0 Å². The molecule has 2 heteroatoms. The molecular formula is C11H21NO. The van der Waals surface area contributed by atoms with E-state index in [1.54, 1.807) is 0 Å². The Balaban J connectivity index is 1.84. The Kier molecular flexibility index (Phi) is 3.23. The monoisotopic (exact) mass is 183 g/mol. The van der Waals surface area contributed by atoms with Crippen LogP contribution in [0.5, 0.6) is 0 Å². The third-order valence-corrected chi connectivity index (χ3v) is 3.69. The number of aliphatic hydroxyl groups excluding tert-OH is 1. The van der Waals surface area contributed by atoms with Crippen LogP contribution in [0.15, 0.2) is 0 Å². The molecule has 0 bridgehead atoms. The molecule has 0 aromatic carbocycles. The van der Waals surface area contributed by atoms with Gasteiger partial charge in [0.1, 0.15) is 0 Å². The number of piperidine rings is 2. The Labute approximate surface area is 80.9 Å². The number of aliphatic hydroxyl groups is 1. The van der Waals surface area contributed by atoms with Gasteiger partial charge in [-0.3, -0.25) is 0 Å². The summed E-state index contributed by atoms with van der Waals surface area (Å²) in [5, 5.41) is 8.90. The topological polar surface area (TPSA) is 23.5 Å². The lowest BCUT2D eigenvalue weighted by Crippen LogP contribution is -2.46. The van der Waals surface area contributed by atoms with Crippen LogP contribution in [0.4, 0.5) is 0 Å². The Morgan fingerprint density at radius 3 is 2.92 bits per heavy atom. The highest BCUT2D eigenvalue weighted by Crippen LogP contribution is 2.29. The van der Waals surface area contributed by atoms with Gasteiger partial charge in [0.05, 0.1) is 0 Å². The SMILES string of the molecule is OCCC1CCC2CCCCN2C1. The fourth-order valence-corrected chi connectivity index (χ4v) is 2.90. The second-order valence-electron chi connectivity index (χ2n) is 4.60. The first-order valence-electron chi connectivity index (χ1n) is 5.75. The third kappa shape index (κ3) is 2.23. The van der Waals surface area contributed by atoms with Crippen LogP contribution in [0.25, 0.3) is 0 Å². The van der Waals surface area contributed by atoms with Gasteiger partial charge in [0, 0.05) is 19.2 Å². The van der Waals surface area contributed by atoms with Crippen LogP contribution in [0.3, 0.4) is 0 Å². The molecule has 0 aromatic heterocycles. The Hall–Kier alpha value is -0.0800. The highest BCUT2D eigenvalue weighted by molar-refractivity contribution is 4.84. The second kappa shape index (κ2) is 4.43. The Morgan fingerprint density at radius 1 is 1.15 bits per heavy atom. The molecule has 2 rings (SSSR count). The summed E-state index contributed by atoms with van der Waals surface area (Å²) < 4.78 is 0. The van der Waals surface area contributed by atoms with Crippen molar-refractivity contribution in [2.24, 2.45) is 5.92 Å². The molecule has 2 atom stereocenters. The minimum Gasteiger partial charge on any atom is -0.396 e. The number of rotatable bonds is 2. The van der Waals surface area contributed by atoms with E-state index in [4.69, 9.17) is 5.11 Å². The molecule has 2 fully saturated rings. The molecule has 2 saturated heterocycles. The van der Waals surface area contributed by atoms with E-state index in [1.165, 1.54) is 45.2 Å². The molecule has 0 amide bonds. The van der Waals surface area contributed by atoms with Gasteiger partial charge in [0.25, 0.3) is 0 Å². The predicted octanol–water partition coefficient (Wildman–Crippen LogP) is 1.63. The molecule has 0 radical (unpaired) electrons. The summed E-state index contributed by atoms with van der Waals surface area (Å²) in [7, 11) is 0. The number of nitrogens with zero attached hydrogens (tertiary/aromatic N) is 1. The first kappa shape index (κ1) is 9.47. The van der Waals surface area contributed by atoms with Crippen LogP contribution in [0.2, 0.25) is 0 Å². The molecule has 0 saturated carbocycles. The molecular weight excluding hydrogens is 162 g/mol. The van der Waals surface area contributed by atoms with E-state index in [0.29, 0.717) is 6.61 Å². The van der Waals surface area contributed by atoms with Gasteiger partial charge in [-0.1, -0.05) is 6.42 Å². The molecule has 2 heterocycles. The van der Waals surface area contributed by atoms with Crippen molar-refractivity contribution in [2.75, 3.05) is 19.7 Å². The summed E-state index contributed by atoms with van der Waals surface area (Å²) in [4.78, 5) is 2.66. The Morgan fingerprint density at radius 2 is 2.08 bits per heavy atom. The van der Waals surface area contributed by atoms with E-state index < -0.39 is 0 Å². The summed E-state index contributed by atoms with van der Waals surface area (Å²) in [6.45, 7) is 2.95. The number of hydrogen-bond acceptors (Lipinski definition) is 2. The van der Waals surface area contributed by atoms with Crippen molar-refractivity contribution in [1.82, 2.24) is 4.90 Å². The van der Waals surface area contributed by atoms with Crippen LogP contribution in [0, 0.1) is 5.92 Å². The minimum absolute atomic E-state index is 0.378. The summed E-state index contributed by atoms with van der Waals surface area (Å²) in [6, 6.07) is 0.892. The van der Waals surface area contributed by atoms with Crippen molar-refractivity contribution >= 4 is 0 Å². The Bertz CT molecular complexity index is 160. The lowest BCUT2D eigenvalue weighted by molar-refractivity contribution is 0.0656. The molecule has 13 heavy (non-hydrogen) atoms. The third-order valence-electron chi connectivity index (χ3n) is 3.69. The van der Waals surface area contributed by atoms with Gasteiger partial charge in [0.15, 0.2) is 0 Å². The molecule has 0 aliphatic carbocycles. The van der Waals surface area contributed by atoms with Crippen molar-refractivity contribution in [3.63, 3.8) is 0 Å². The summed E-state index contributed by atoms with van der Waals surface area (Å²) in [6.07, 6.45) is 8.00. The van der Waals surface area contributed by atoms with Gasteiger partial charge in [-0.2, -0.15) is 0 Å². The number of hydrogen-bond donors (Lipinski definition) is 1. The molecule has 2 unspecified atom stereocenters. The molecule has 76 valence electrons. The fourth-order valence-electron chi connectivity index (χ4n) is 2.90. The van der Waals surface area contributed by atoms with Gasteiger partial charge in [-0.05, 0) is 44.6 Å². The first-order chi connectivity index (χ1) is 6.40. The summed E-state index contributed by atoms with van der Waals surface area (Å²) in [5.41, 5.74) is 0. The van der Waals surface area contributed by atoms with Crippen molar-refractivity contribution in [3.8, 4) is 0 Å². The van der Waals surface area contributed by atoms with E-state index >= 15 is 0 Å². The highest BCUT2D eigenvalue weighted by Gasteiger charge is 2.29. The van der Waals surface area contributed by atoms with Gasteiger partial charge < -0.3 is 10.0 Å². The van der Waals surface area contributed by atoms with Gasteiger partial charge in [-0.15, -0.1) is 0 Å². The van der Waals surface area contributed by atoms with Crippen LogP contribution >= 0.6 is 0 Å². The average molecular weight is 183 g/mol. The van der Waals surface area contributed by atoms with Crippen LogP contribution < -0.4 is 0 Å². The zero-order valence-corrected chi connectivity index (χ0v) is 8.41. The number of fused-ring (bicyclic) bond motifs is 1. The maximum Gasteiger partial charge on any atom is 0.0434 e. The molecule has 0 spiro atoms. The van der Waals surface area contributed by atoms with Crippen molar-refractivity contribution < 1.29 is 5.11 Å². The minimum atomic E-state index is 0.378. The molecule has 2 nitrogen and oxygen atoms in total. The maximum absolute atomic E-state index is 8.90. The average Bonchev–Trinajstić information content (AvgIpc) is 2.18. The smallest absolute Gasteiger partial charge is 0.0434 e. The highest BCUT2D eigenvalue weighted by atomic mass is 16.3. The van der Waals surface area contributed by atoms with E-state index in [2.05, 4.69) is 4.90 Å². The van der Waals surface area contributed by atoms with Crippen LogP contribution in [0.1, 0.15) is 38.5 Å². The summed E-state index contributed by atoms with van der Waals surface area (Å²) >= 11 is 0. The van der Waals surface area contributed by atoms with E-state index in [0.717, 1.165) is 18.4 Å². The quantitative estimate of drug-likeness (QED) is 0.703. The molecule has 1 N–H and O–H groups in total. The second-order valence-corrected chi connectivity index (χ2v) is 4.60. The first-order valence-corrected chi connectivity index (χ1v) is 5.75. The summed E-state index contributed by atoms with van der Waals surface area (Å²) in [5.74, 6) is 0.777. The largest absolute Gasteiger partial charge is 0.396 e. The zero-order valence-electron chi connectivity index (χ0n) is 8.41. The fraction of sp³-hybridized carbons (Fsp3) is 1.00. The molecule has 0 aromatic rings.